The Balaban J connectivity index is 0.00000196. The Hall–Kier alpha value is 0.526. The van der Waals surface area contributed by atoms with Gasteiger partial charge in [-0.25, -0.2) is 0 Å². The van der Waals surface area contributed by atoms with Gasteiger partial charge in [0.05, 0.1) is 5.69 Å². The summed E-state index contributed by atoms with van der Waals surface area (Å²) in [5.74, 6) is 0. The van der Waals surface area contributed by atoms with Gasteiger partial charge in [-0.1, -0.05) is 19.1 Å². The molecular weight excluding hydrogens is 243 g/mol. The van der Waals surface area contributed by atoms with Crippen LogP contribution in [0.3, 0.4) is 0 Å². The molecule has 0 amide bonds. The Labute approximate surface area is 132 Å². The summed E-state index contributed by atoms with van der Waals surface area (Å²) in [5.41, 5.74) is 4.03. The summed E-state index contributed by atoms with van der Waals surface area (Å²) in [6.07, 6.45) is 0.862. The molecule has 0 saturated carbocycles. The van der Waals surface area contributed by atoms with Crippen molar-refractivity contribution in [2.75, 3.05) is 5.43 Å². The van der Waals surface area contributed by atoms with E-state index >= 15 is 0 Å². The molecule has 0 aliphatic carbocycles. The molecule has 0 saturated heterocycles. The molecule has 0 spiro atoms. The van der Waals surface area contributed by atoms with Crippen LogP contribution in [0.15, 0.2) is 24.3 Å². The van der Waals surface area contributed by atoms with Crippen LogP contribution < -0.4 is 10.3 Å². The second-order valence-corrected chi connectivity index (χ2v) is 3.91. The molecule has 1 aromatic rings. The van der Waals surface area contributed by atoms with Crippen LogP contribution in [-0.2, 0) is 16.7 Å². The molecule has 0 aliphatic rings. The number of hydrogen-bond acceptors (Lipinski definition) is 3. The van der Waals surface area contributed by atoms with E-state index < -0.39 is 10.3 Å². The van der Waals surface area contributed by atoms with E-state index in [1.807, 2.05) is 13.0 Å². The van der Waals surface area contributed by atoms with Gasteiger partial charge in [0, 0.05) is 0 Å². The first-order valence-corrected chi connectivity index (χ1v) is 5.54. The molecule has 1 rings (SSSR count). The molecule has 0 aliphatic heterocycles. The Kier molecular flexibility index (Phi) is 7.22. The van der Waals surface area contributed by atoms with Crippen molar-refractivity contribution in [3.63, 3.8) is 0 Å². The van der Waals surface area contributed by atoms with Crippen LogP contribution >= 0.6 is 0 Å². The van der Waals surface area contributed by atoms with Crippen LogP contribution in [0.1, 0.15) is 12.5 Å². The van der Waals surface area contributed by atoms with Crippen molar-refractivity contribution in [2.24, 2.45) is 0 Å². The quantitative estimate of drug-likeness (QED) is 0.412. The van der Waals surface area contributed by atoms with Gasteiger partial charge in [0.1, 0.15) is 0 Å². The summed E-state index contributed by atoms with van der Waals surface area (Å²) in [4.78, 5) is 1.77. The van der Waals surface area contributed by atoms with Crippen molar-refractivity contribution >= 4 is 67.4 Å². The maximum absolute atomic E-state index is 10.3. The molecule has 1 aromatic carbocycles. The molecule has 0 heterocycles. The zero-order valence-corrected chi connectivity index (χ0v) is 8.50. The van der Waals surface area contributed by atoms with E-state index in [0.29, 0.717) is 5.69 Å². The van der Waals surface area contributed by atoms with Crippen molar-refractivity contribution in [1.82, 2.24) is 4.83 Å². The fraction of sp³-hybridized carbons (Fsp3) is 0.250. The van der Waals surface area contributed by atoms with Crippen LogP contribution in [-0.4, -0.2) is 64.4 Å². The zero-order valence-electron chi connectivity index (χ0n) is 7.69. The molecule has 0 atom stereocenters. The molecule has 5 nitrogen and oxygen atoms in total. The average molecular weight is 256 g/mol. The minimum atomic E-state index is -4.20. The van der Waals surface area contributed by atoms with Crippen LogP contribution in [0.5, 0.6) is 0 Å². The first-order chi connectivity index (χ1) is 6.51. The number of hydrogen-bond donors (Lipinski definition) is 3. The fourth-order valence-electron chi connectivity index (χ4n) is 0.992. The third kappa shape index (κ3) is 6.64. The van der Waals surface area contributed by atoms with E-state index in [2.05, 4.69) is 5.43 Å². The Morgan fingerprint density at radius 2 is 2.07 bits per heavy atom. The standard InChI is InChI=1S/C8H12N2O3S.K.H/c1-2-7-4-3-5-8(6-7)9-10-14(11,12)13;;/h3-6,9-10H,2H2,1H3,(H,11,12,13);;. The van der Waals surface area contributed by atoms with E-state index in [1.165, 1.54) is 0 Å². The maximum atomic E-state index is 10.3. The van der Waals surface area contributed by atoms with Gasteiger partial charge < -0.3 is 5.43 Å². The van der Waals surface area contributed by atoms with Crippen molar-refractivity contribution < 1.29 is 13.0 Å². The van der Waals surface area contributed by atoms with Crippen LogP contribution in [0.4, 0.5) is 5.69 Å². The van der Waals surface area contributed by atoms with E-state index in [9.17, 15) is 8.42 Å². The predicted octanol–water partition coefficient (Wildman–Crippen LogP) is 0.320. The molecule has 0 unspecified atom stereocenters. The molecule has 0 fully saturated rings. The van der Waals surface area contributed by atoms with Crippen molar-refractivity contribution in [2.45, 2.75) is 13.3 Å². The molecule has 3 N–H and O–H groups in total. The van der Waals surface area contributed by atoms with Gasteiger partial charge in [-0.2, -0.15) is 8.42 Å². The number of anilines is 1. The third-order valence-corrected chi connectivity index (χ3v) is 2.02. The Morgan fingerprint density at radius 3 is 2.60 bits per heavy atom. The minimum absolute atomic E-state index is 0. The topological polar surface area (TPSA) is 78.4 Å². The van der Waals surface area contributed by atoms with Crippen LogP contribution in [0.2, 0.25) is 0 Å². The van der Waals surface area contributed by atoms with Gasteiger partial charge in [0.25, 0.3) is 0 Å². The second-order valence-electron chi connectivity index (χ2n) is 2.76. The van der Waals surface area contributed by atoms with Gasteiger partial charge in [-0.05, 0) is 24.1 Å². The van der Waals surface area contributed by atoms with E-state index in [0.717, 1.165) is 12.0 Å². The number of benzene rings is 1. The number of nitrogens with one attached hydrogen (secondary N) is 2. The number of aryl methyl sites for hydroxylation is 1. The molecule has 80 valence electrons. The summed E-state index contributed by atoms with van der Waals surface area (Å²) in [6, 6.07) is 7.21. The molecule has 0 aromatic heterocycles. The van der Waals surface area contributed by atoms with Gasteiger partial charge in [0.2, 0.25) is 0 Å². The number of hydrazine groups is 1. The summed E-state index contributed by atoms with van der Waals surface area (Å²) in [6.45, 7) is 2.00. The Bertz CT molecular complexity index is 408. The summed E-state index contributed by atoms with van der Waals surface area (Å²) in [5, 5.41) is 0. The van der Waals surface area contributed by atoms with E-state index in [4.69, 9.17) is 4.55 Å². The predicted molar refractivity (Wildman–Crippen MR) is 61.3 cm³/mol. The van der Waals surface area contributed by atoms with Crippen LogP contribution in [0.25, 0.3) is 0 Å². The average Bonchev–Trinajstić information content (AvgIpc) is 2.14. The first kappa shape index (κ1) is 15.5. The summed E-state index contributed by atoms with van der Waals surface area (Å²) >= 11 is 0. The SMILES string of the molecule is CCc1cccc(NNS(=O)(=O)O)c1.[KH]. The summed E-state index contributed by atoms with van der Waals surface area (Å²) in [7, 11) is -4.20. The Morgan fingerprint density at radius 1 is 1.40 bits per heavy atom. The normalized spacial score (nSPS) is 10.5. The molecule has 0 radical (unpaired) electrons. The molecular formula is C8H13KN2O3S. The van der Waals surface area contributed by atoms with Crippen molar-refractivity contribution in [3.05, 3.63) is 29.8 Å². The second kappa shape index (κ2) is 6.97. The van der Waals surface area contributed by atoms with Gasteiger partial charge in [-0.15, -0.1) is 4.83 Å². The molecule has 0 bridgehead atoms. The van der Waals surface area contributed by atoms with Gasteiger partial charge in [-0.3, -0.25) is 4.55 Å². The van der Waals surface area contributed by atoms with Crippen molar-refractivity contribution in [1.29, 1.82) is 0 Å². The number of rotatable bonds is 4. The van der Waals surface area contributed by atoms with Crippen molar-refractivity contribution in [3.8, 4) is 0 Å². The van der Waals surface area contributed by atoms with Crippen LogP contribution in [0, 0.1) is 0 Å². The van der Waals surface area contributed by atoms with Gasteiger partial charge >= 0.3 is 61.7 Å². The summed E-state index contributed by atoms with van der Waals surface area (Å²) < 4.78 is 29.1. The first-order valence-electron chi connectivity index (χ1n) is 4.10. The third-order valence-electron chi connectivity index (χ3n) is 1.66. The molecule has 15 heavy (non-hydrogen) atoms. The zero-order chi connectivity index (χ0) is 10.6. The monoisotopic (exact) mass is 256 g/mol. The van der Waals surface area contributed by atoms with E-state index in [-0.39, 0.29) is 51.4 Å². The van der Waals surface area contributed by atoms with E-state index in [1.54, 1.807) is 23.0 Å². The van der Waals surface area contributed by atoms with Gasteiger partial charge in [0.15, 0.2) is 0 Å². The molecule has 7 heteroatoms. The fourth-order valence-corrected chi connectivity index (χ4v) is 1.24.